The van der Waals surface area contributed by atoms with Crippen LogP contribution >= 0.6 is 0 Å². The van der Waals surface area contributed by atoms with Crippen molar-refractivity contribution < 1.29 is 14.3 Å². The number of esters is 1. The van der Waals surface area contributed by atoms with Gasteiger partial charge in [-0.1, -0.05) is 13.8 Å². The first kappa shape index (κ1) is 16.1. The average molecular weight is 270 g/mol. The molecule has 0 aromatic heterocycles. The highest BCUT2D eigenvalue weighted by atomic mass is 16.5. The van der Waals surface area contributed by atoms with E-state index in [1.165, 1.54) is 7.11 Å². The molecular formula is C14H26N2O3. The van der Waals surface area contributed by atoms with Crippen LogP contribution in [0.25, 0.3) is 0 Å². The summed E-state index contributed by atoms with van der Waals surface area (Å²) in [6.07, 6.45) is 2.95. The van der Waals surface area contributed by atoms with Crippen LogP contribution in [0.3, 0.4) is 0 Å². The number of carbonyl (C=O) groups excluding carboxylic acids is 1. The number of rotatable bonds is 5. The molecule has 1 aliphatic heterocycles. The van der Waals surface area contributed by atoms with Gasteiger partial charge in [0.15, 0.2) is 0 Å². The lowest BCUT2D eigenvalue weighted by Gasteiger charge is -2.28. The summed E-state index contributed by atoms with van der Waals surface area (Å²) in [5.74, 6) is -0.296. The van der Waals surface area contributed by atoms with E-state index in [1.807, 2.05) is 6.21 Å². The molecule has 0 radical (unpaired) electrons. The second kappa shape index (κ2) is 7.60. The molecule has 1 heterocycles. The Bertz CT molecular complexity index is 308. The fourth-order valence-corrected chi connectivity index (χ4v) is 2.12. The molecule has 19 heavy (non-hydrogen) atoms. The summed E-state index contributed by atoms with van der Waals surface area (Å²) < 4.78 is 10.1. The van der Waals surface area contributed by atoms with E-state index < -0.39 is 6.04 Å². The monoisotopic (exact) mass is 270 g/mol. The Kier molecular flexibility index (Phi) is 6.45. The van der Waals surface area contributed by atoms with Gasteiger partial charge in [0.2, 0.25) is 0 Å². The molecule has 1 fully saturated rings. The van der Waals surface area contributed by atoms with E-state index in [9.17, 15) is 4.79 Å². The minimum Gasteiger partial charge on any atom is -0.467 e. The molecule has 1 rings (SSSR count). The maximum atomic E-state index is 11.3. The van der Waals surface area contributed by atoms with Gasteiger partial charge in [-0.3, -0.25) is 4.99 Å². The molecule has 0 aromatic carbocycles. The van der Waals surface area contributed by atoms with Crippen molar-refractivity contribution in [1.82, 2.24) is 4.90 Å². The van der Waals surface area contributed by atoms with Gasteiger partial charge in [0.05, 0.1) is 13.7 Å². The van der Waals surface area contributed by atoms with Gasteiger partial charge < -0.3 is 14.4 Å². The van der Waals surface area contributed by atoms with Crippen molar-refractivity contribution in [3.8, 4) is 0 Å². The summed E-state index contributed by atoms with van der Waals surface area (Å²) >= 11 is 0. The predicted molar refractivity (Wildman–Crippen MR) is 75.6 cm³/mol. The van der Waals surface area contributed by atoms with Crippen LogP contribution in [-0.4, -0.2) is 63.1 Å². The van der Waals surface area contributed by atoms with Gasteiger partial charge in [0.1, 0.15) is 6.04 Å². The molecule has 0 saturated carbocycles. The average Bonchev–Trinajstić information content (AvgIpc) is 2.63. The second-order valence-electron chi connectivity index (χ2n) is 5.71. The van der Waals surface area contributed by atoms with Crippen molar-refractivity contribution in [1.29, 1.82) is 0 Å². The highest BCUT2D eigenvalue weighted by molar-refractivity contribution is 5.78. The summed E-state index contributed by atoms with van der Waals surface area (Å²) in [7, 11) is 1.39. The van der Waals surface area contributed by atoms with Crippen LogP contribution in [0, 0.1) is 5.41 Å². The first-order valence-electron chi connectivity index (χ1n) is 6.87. The summed E-state index contributed by atoms with van der Waals surface area (Å²) in [5, 5.41) is 0. The van der Waals surface area contributed by atoms with Gasteiger partial charge in [-0.2, -0.15) is 0 Å². The number of ether oxygens (including phenoxy) is 2. The zero-order valence-corrected chi connectivity index (χ0v) is 12.5. The first-order chi connectivity index (χ1) is 8.94. The topological polar surface area (TPSA) is 51.1 Å². The minimum atomic E-state index is -0.434. The third kappa shape index (κ3) is 6.16. The quantitative estimate of drug-likeness (QED) is 0.559. The Hall–Kier alpha value is -0.940. The van der Waals surface area contributed by atoms with E-state index >= 15 is 0 Å². The predicted octanol–water partition coefficient (Wildman–Crippen LogP) is 1.37. The standard InChI is InChI=1S/C14H26N2O3/c1-12(13(17)18-4)15-10-14(2,3)11-16-6-5-8-19-9-7-16/h10,12H,5-9,11H2,1-4H3/b15-10+. The Balaban J connectivity index is 2.49. The SMILES string of the molecule is COC(=O)C(C)/N=C/C(C)(C)CN1CCCOCC1. The Morgan fingerprint density at radius 3 is 2.89 bits per heavy atom. The smallest absolute Gasteiger partial charge is 0.330 e. The van der Waals surface area contributed by atoms with Crippen LogP contribution in [0.2, 0.25) is 0 Å². The Morgan fingerprint density at radius 2 is 2.21 bits per heavy atom. The van der Waals surface area contributed by atoms with Gasteiger partial charge in [-0.15, -0.1) is 0 Å². The van der Waals surface area contributed by atoms with Gasteiger partial charge in [-0.25, -0.2) is 4.79 Å². The minimum absolute atomic E-state index is 0.0629. The molecule has 110 valence electrons. The van der Waals surface area contributed by atoms with E-state index in [-0.39, 0.29) is 11.4 Å². The van der Waals surface area contributed by atoms with Crippen molar-refractivity contribution in [3.63, 3.8) is 0 Å². The van der Waals surface area contributed by atoms with Crippen LogP contribution in [0.5, 0.6) is 0 Å². The fraction of sp³-hybridized carbons (Fsp3) is 0.857. The lowest BCUT2D eigenvalue weighted by atomic mass is 9.94. The number of hydrogen-bond acceptors (Lipinski definition) is 5. The number of methoxy groups -OCH3 is 1. The summed E-state index contributed by atoms with van der Waals surface area (Å²) in [4.78, 5) is 18.0. The molecule has 5 heteroatoms. The summed E-state index contributed by atoms with van der Waals surface area (Å²) in [6.45, 7) is 10.6. The molecule has 1 aliphatic rings. The molecule has 1 atom stereocenters. The molecule has 1 saturated heterocycles. The highest BCUT2D eigenvalue weighted by Crippen LogP contribution is 2.16. The molecule has 0 N–H and O–H groups in total. The van der Waals surface area contributed by atoms with E-state index in [2.05, 4.69) is 28.5 Å². The molecule has 0 bridgehead atoms. The van der Waals surface area contributed by atoms with Crippen molar-refractivity contribution in [2.24, 2.45) is 10.4 Å². The van der Waals surface area contributed by atoms with E-state index in [0.29, 0.717) is 0 Å². The third-order valence-electron chi connectivity index (χ3n) is 3.14. The van der Waals surface area contributed by atoms with Gasteiger partial charge in [0, 0.05) is 37.9 Å². The first-order valence-corrected chi connectivity index (χ1v) is 6.87. The normalized spacial score (nSPS) is 20.2. The van der Waals surface area contributed by atoms with Crippen molar-refractivity contribution in [2.45, 2.75) is 33.2 Å². The molecule has 0 spiro atoms. The molecule has 0 aliphatic carbocycles. The molecule has 1 unspecified atom stereocenters. The van der Waals surface area contributed by atoms with Gasteiger partial charge >= 0.3 is 5.97 Å². The highest BCUT2D eigenvalue weighted by Gasteiger charge is 2.21. The maximum absolute atomic E-state index is 11.3. The molecule has 0 amide bonds. The lowest BCUT2D eigenvalue weighted by molar-refractivity contribution is -0.141. The number of nitrogens with zero attached hydrogens (tertiary/aromatic N) is 2. The van der Waals surface area contributed by atoms with Crippen LogP contribution in [0.15, 0.2) is 4.99 Å². The Morgan fingerprint density at radius 1 is 1.47 bits per heavy atom. The molecule has 0 aromatic rings. The van der Waals surface area contributed by atoms with Crippen LogP contribution in [-0.2, 0) is 14.3 Å². The van der Waals surface area contributed by atoms with E-state index in [1.54, 1.807) is 6.92 Å². The largest absolute Gasteiger partial charge is 0.467 e. The third-order valence-corrected chi connectivity index (χ3v) is 3.14. The lowest BCUT2D eigenvalue weighted by Crippen LogP contribution is -2.37. The maximum Gasteiger partial charge on any atom is 0.330 e. The number of carbonyl (C=O) groups is 1. The molecular weight excluding hydrogens is 244 g/mol. The second-order valence-corrected chi connectivity index (χ2v) is 5.71. The van der Waals surface area contributed by atoms with E-state index in [4.69, 9.17) is 4.74 Å². The van der Waals surface area contributed by atoms with E-state index in [0.717, 1.165) is 39.3 Å². The fourth-order valence-electron chi connectivity index (χ4n) is 2.12. The van der Waals surface area contributed by atoms with Crippen LogP contribution in [0.1, 0.15) is 27.2 Å². The molecule has 5 nitrogen and oxygen atoms in total. The van der Waals surface area contributed by atoms with Crippen molar-refractivity contribution in [2.75, 3.05) is 40.0 Å². The summed E-state index contributed by atoms with van der Waals surface area (Å²) in [5.41, 5.74) is -0.0629. The van der Waals surface area contributed by atoms with Gasteiger partial charge in [0.25, 0.3) is 0 Å². The zero-order valence-electron chi connectivity index (χ0n) is 12.5. The summed E-state index contributed by atoms with van der Waals surface area (Å²) in [6, 6.07) is -0.434. The number of aliphatic imine (C=N–C) groups is 1. The number of hydrogen-bond donors (Lipinski definition) is 0. The Labute approximate surface area is 116 Å². The van der Waals surface area contributed by atoms with Crippen LogP contribution < -0.4 is 0 Å². The van der Waals surface area contributed by atoms with Crippen molar-refractivity contribution in [3.05, 3.63) is 0 Å². The zero-order chi connectivity index (χ0) is 14.3. The van der Waals surface area contributed by atoms with Crippen molar-refractivity contribution >= 4 is 12.2 Å². The van der Waals surface area contributed by atoms with Crippen LogP contribution in [0.4, 0.5) is 0 Å². The van der Waals surface area contributed by atoms with Gasteiger partial charge in [-0.05, 0) is 13.3 Å².